The molecule has 0 amide bonds. The molecule has 3 nitrogen and oxygen atoms in total. The first-order valence-corrected chi connectivity index (χ1v) is 6.45. The van der Waals surface area contributed by atoms with Gasteiger partial charge in [0.15, 0.2) is 0 Å². The van der Waals surface area contributed by atoms with Crippen molar-refractivity contribution in [3.05, 3.63) is 40.7 Å². The van der Waals surface area contributed by atoms with Crippen LogP contribution in [0.4, 0.5) is 4.39 Å². The van der Waals surface area contributed by atoms with E-state index in [1.54, 1.807) is 19.2 Å². The van der Waals surface area contributed by atoms with Crippen LogP contribution in [0.3, 0.4) is 0 Å². The van der Waals surface area contributed by atoms with Crippen LogP contribution >= 0.6 is 11.3 Å². The number of benzene rings is 1. The van der Waals surface area contributed by atoms with Gasteiger partial charge in [0, 0.05) is 24.1 Å². The fourth-order valence-corrected chi connectivity index (χ4v) is 2.78. The first-order valence-electron chi connectivity index (χ1n) is 5.63. The van der Waals surface area contributed by atoms with E-state index in [9.17, 15) is 4.39 Å². The second-order valence-corrected chi connectivity index (χ2v) is 4.92. The van der Waals surface area contributed by atoms with Gasteiger partial charge in [-0.25, -0.2) is 9.37 Å². The van der Waals surface area contributed by atoms with E-state index >= 15 is 0 Å². The Morgan fingerprint density at radius 1 is 1.39 bits per heavy atom. The first-order chi connectivity index (χ1) is 8.76. The molecule has 0 saturated carbocycles. The minimum atomic E-state index is -0.244. The molecule has 96 valence electrons. The summed E-state index contributed by atoms with van der Waals surface area (Å²) >= 11 is 1.50. The normalized spacial score (nSPS) is 10.8. The molecular formula is C13H15FN2OS. The summed E-state index contributed by atoms with van der Waals surface area (Å²) < 4.78 is 18.8. The number of nitrogens with zero attached hydrogens (tertiary/aromatic N) is 1. The lowest BCUT2D eigenvalue weighted by atomic mass is 10.2. The molecule has 1 heterocycles. The third kappa shape index (κ3) is 2.75. The second-order valence-electron chi connectivity index (χ2n) is 3.83. The van der Waals surface area contributed by atoms with E-state index in [0.717, 1.165) is 10.6 Å². The topological polar surface area (TPSA) is 34.2 Å². The van der Waals surface area contributed by atoms with Gasteiger partial charge in [-0.15, -0.1) is 11.3 Å². The van der Waals surface area contributed by atoms with Gasteiger partial charge in [0.25, 0.3) is 0 Å². The van der Waals surface area contributed by atoms with Crippen LogP contribution < -0.4 is 5.32 Å². The van der Waals surface area contributed by atoms with Gasteiger partial charge in [0.1, 0.15) is 10.8 Å². The molecule has 0 aliphatic rings. The summed E-state index contributed by atoms with van der Waals surface area (Å²) in [6.45, 7) is 1.16. The number of hydrogen-bond acceptors (Lipinski definition) is 4. The molecule has 1 N–H and O–H groups in total. The Hall–Kier alpha value is -1.30. The van der Waals surface area contributed by atoms with Crippen molar-refractivity contribution in [2.75, 3.05) is 14.2 Å². The highest BCUT2D eigenvalue weighted by Gasteiger charge is 2.14. The van der Waals surface area contributed by atoms with E-state index in [2.05, 4.69) is 10.3 Å². The highest BCUT2D eigenvalue weighted by Crippen LogP contribution is 2.30. The zero-order chi connectivity index (χ0) is 13.0. The van der Waals surface area contributed by atoms with Gasteiger partial charge in [-0.3, -0.25) is 0 Å². The maximum atomic E-state index is 13.7. The molecule has 1 aromatic carbocycles. The van der Waals surface area contributed by atoms with Crippen LogP contribution in [0.1, 0.15) is 10.6 Å². The van der Waals surface area contributed by atoms with Crippen LogP contribution in [0, 0.1) is 5.82 Å². The molecule has 0 aliphatic carbocycles. The molecule has 0 atom stereocenters. The van der Waals surface area contributed by atoms with Crippen molar-refractivity contribution in [2.24, 2.45) is 0 Å². The molecule has 0 unspecified atom stereocenters. The van der Waals surface area contributed by atoms with E-state index in [1.165, 1.54) is 17.4 Å². The maximum Gasteiger partial charge on any atom is 0.133 e. The van der Waals surface area contributed by atoms with Gasteiger partial charge in [0.2, 0.25) is 0 Å². The molecule has 0 bridgehead atoms. The van der Waals surface area contributed by atoms with Crippen LogP contribution in [-0.4, -0.2) is 19.1 Å². The van der Waals surface area contributed by atoms with Gasteiger partial charge in [-0.05, 0) is 19.2 Å². The predicted molar refractivity (Wildman–Crippen MR) is 71.0 cm³/mol. The van der Waals surface area contributed by atoms with Crippen molar-refractivity contribution < 1.29 is 9.13 Å². The van der Waals surface area contributed by atoms with Crippen molar-refractivity contribution in [1.29, 1.82) is 0 Å². The van der Waals surface area contributed by atoms with Gasteiger partial charge < -0.3 is 10.1 Å². The molecule has 0 aliphatic heterocycles. The highest BCUT2D eigenvalue weighted by atomic mass is 32.1. The molecule has 0 spiro atoms. The van der Waals surface area contributed by atoms with E-state index < -0.39 is 0 Å². The van der Waals surface area contributed by atoms with Crippen LogP contribution in [0.5, 0.6) is 0 Å². The highest BCUT2D eigenvalue weighted by molar-refractivity contribution is 7.15. The van der Waals surface area contributed by atoms with Gasteiger partial charge in [0.05, 0.1) is 12.3 Å². The number of nitrogens with one attached hydrogen (secondary N) is 1. The maximum absolute atomic E-state index is 13.7. The number of aromatic nitrogens is 1. The number of halogens is 1. The fourth-order valence-electron chi connectivity index (χ4n) is 1.68. The van der Waals surface area contributed by atoms with Crippen LogP contribution in [-0.2, 0) is 17.9 Å². The lowest BCUT2D eigenvalue weighted by Crippen LogP contribution is -2.06. The fraction of sp³-hybridized carbons (Fsp3) is 0.308. The summed E-state index contributed by atoms with van der Waals surface area (Å²) in [5.41, 5.74) is 1.41. The van der Waals surface area contributed by atoms with Gasteiger partial charge in [-0.2, -0.15) is 0 Å². The Balaban J connectivity index is 2.40. The minimum Gasteiger partial charge on any atom is -0.378 e. The monoisotopic (exact) mass is 266 g/mol. The number of ether oxygens (including phenoxy) is 1. The molecule has 0 fully saturated rings. The summed E-state index contributed by atoms with van der Waals surface area (Å²) in [6, 6.07) is 6.68. The Morgan fingerprint density at radius 2 is 2.17 bits per heavy atom. The number of hydrogen-bond donors (Lipinski definition) is 1. The average Bonchev–Trinajstić information content (AvgIpc) is 2.74. The Kier molecular flexibility index (Phi) is 4.41. The summed E-state index contributed by atoms with van der Waals surface area (Å²) in [6.07, 6.45) is 0. The molecule has 5 heteroatoms. The van der Waals surface area contributed by atoms with Crippen molar-refractivity contribution >= 4 is 11.3 Å². The van der Waals surface area contributed by atoms with Gasteiger partial charge in [-0.1, -0.05) is 12.1 Å². The van der Waals surface area contributed by atoms with Crippen molar-refractivity contribution in [1.82, 2.24) is 10.3 Å². The smallest absolute Gasteiger partial charge is 0.133 e. The number of rotatable bonds is 5. The average molecular weight is 266 g/mol. The summed E-state index contributed by atoms with van der Waals surface area (Å²) in [5.74, 6) is -0.244. The van der Waals surface area contributed by atoms with Crippen molar-refractivity contribution in [3.63, 3.8) is 0 Å². The Morgan fingerprint density at radius 3 is 2.83 bits per heavy atom. The molecule has 18 heavy (non-hydrogen) atoms. The number of thiazole rings is 1. The zero-order valence-electron chi connectivity index (χ0n) is 10.4. The predicted octanol–water partition coefficient (Wildman–Crippen LogP) is 2.82. The largest absolute Gasteiger partial charge is 0.378 e. The second kappa shape index (κ2) is 6.04. The molecular weight excluding hydrogens is 251 g/mol. The van der Waals surface area contributed by atoms with Gasteiger partial charge >= 0.3 is 0 Å². The van der Waals surface area contributed by atoms with Crippen LogP contribution in [0.2, 0.25) is 0 Å². The zero-order valence-corrected chi connectivity index (χ0v) is 11.2. The minimum absolute atomic E-state index is 0.244. The lowest BCUT2D eigenvalue weighted by Gasteiger charge is -1.98. The van der Waals surface area contributed by atoms with E-state index in [1.807, 2.05) is 13.1 Å². The van der Waals surface area contributed by atoms with E-state index in [-0.39, 0.29) is 5.82 Å². The first kappa shape index (κ1) is 13.1. The molecule has 1 aromatic heterocycles. The van der Waals surface area contributed by atoms with Crippen LogP contribution in [0.25, 0.3) is 10.6 Å². The molecule has 2 aromatic rings. The molecule has 0 saturated heterocycles. The SMILES string of the molecule is CNCc1sc(-c2ccccc2F)nc1COC. The Labute approximate surface area is 110 Å². The summed E-state index contributed by atoms with van der Waals surface area (Å²) in [5, 5.41) is 3.78. The van der Waals surface area contributed by atoms with Crippen LogP contribution in [0.15, 0.2) is 24.3 Å². The van der Waals surface area contributed by atoms with E-state index in [0.29, 0.717) is 23.7 Å². The lowest BCUT2D eigenvalue weighted by molar-refractivity contribution is 0.181. The van der Waals surface area contributed by atoms with Crippen molar-refractivity contribution in [2.45, 2.75) is 13.2 Å². The number of methoxy groups -OCH3 is 1. The third-order valence-electron chi connectivity index (χ3n) is 2.50. The van der Waals surface area contributed by atoms with E-state index in [4.69, 9.17) is 4.74 Å². The Bertz CT molecular complexity index is 504. The summed E-state index contributed by atoms with van der Waals surface area (Å²) in [7, 11) is 3.50. The van der Waals surface area contributed by atoms with Crippen molar-refractivity contribution in [3.8, 4) is 10.6 Å². The quantitative estimate of drug-likeness (QED) is 0.903. The standard InChI is InChI=1S/C13H15FN2OS/c1-15-7-12-11(8-17-2)16-13(18-12)9-5-3-4-6-10(9)14/h3-6,15H,7-8H2,1-2H3. The molecule has 0 radical (unpaired) electrons. The summed E-state index contributed by atoms with van der Waals surface area (Å²) in [4.78, 5) is 5.54. The third-order valence-corrected chi connectivity index (χ3v) is 3.63. The molecule has 2 rings (SSSR count).